The molecule has 0 radical (unpaired) electrons. The molecule has 0 bridgehead atoms. The highest BCUT2D eigenvalue weighted by atomic mass is 16.6. The molecule has 9 atom stereocenters. The third-order valence-electron chi connectivity index (χ3n) is 10.7. The minimum atomic E-state index is -0.153. The molecule has 3 saturated carbocycles. The number of allylic oxidation sites excluding steroid dienone is 1. The average molecular weight is 401 g/mol. The second-order valence-corrected chi connectivity index (χ2v) is 12.5. The summed E-state index contributed by atoms with van der Waals surface area (Å²) in [5, 5.41) is 10.3. The molecule has 1 heterocycles. The molecule has 4 fully saturated rings. The van der Waals surface area contributed by atoms with Gasteiger partial charge >= 0.3 is 0 Å². The molecule has 0 aromatic heterocycles. The third kappa shape index (κ3) is 2.87. The van der Waals surface area contributed by atoms with Crippen LogP contribution in [0.15, 0.2) is 11.6 Å². The number of ether oxygens (including phenoxy) is 1. The number of hydrogen-bond acceptors (Lipinski definition) is 2. The number of epoxide rings is 1. The summed E-state index contributed by atoms with van der Waals surface area (Å²) in [6, 6.07) is 0. The van der Waals surface area contributed by atoms with E-state index < -0.39 is 0 Å². The first-order valence-electron chi connectivity index (χ1n) is 12.8. The topological polar surface area (TPSA) is 32.8 Å². The standard InChI is InChI=1S/C27H44O2/c1-17(2)7-6-8-18(3)21-9-10-22-20-15-24-27(29-24)16-19(28)11-14-26(27,5)23(20)12-13-25(21,22)4/h15,17-19,21-24,28H,6-14,16H2,1-5H3/t18-,19?,21-,22+,23+,24-,25-,26-,27-/m1/s1. The van der Waals surface area contributed by atoms with Crippen molar-refractivity contribution in [2.75, 3.05) is 0 Å². The van der Waals surface area contributed by atoms with E-state index in [0.29, 0.717) is 17.4 Å². The molecule has 1 spiro atoms. The number of aliphatic hydroxyl groups is 1. The smallest absolute Gasteiger partial charge is 0.107 e. The summed E-state index contributed by atoms with van der Waals surface area (Å²) in [5.41, 5.74) is 2.50. The van der Waals surface area contributed by atoms with Crippen molar-refractivity contribution in [1.82, 2.24) is 0 Å². The van der Waals surface area contributed by atoms with Gasteiger partial charge in [0.25, 0.3) is 0 Å². The summed E-state index contributed by atoms with van der Waals surface area (Å²) in [4.78, 5) is 0. The van der Waals surface area contributed by atoms with E-state index in [1.54, 1.807) is 5.57 Å². The zero-order valence-electron chi connectivity index (χ0n) is 19.5. The third-order valence-corrected chi connectivity index (χ3v) is 10.7. The van der Waals surface area contributed by atoms with Crippen molar-refractivity contribution in [3.05, 3.63) is 11.6 Å². The molecule has 0 aromatic rings. The summed E-state index contributed by atoms with van der Waals surface area (Å²) in [7, 11) is 0. The monoisotopic (exact) mass is 400 g/mol. The van der Waals surface area contributed by atoms with E-state index in [4.69, 9.17) is 4.74 Å². The largest absolute Gasteiger partial charge is 0.393 e. The molecule has 0 aromatic carbocycles. The Morgan fingerprint density at radius 2 is 1.83 bits per heavy atom. The van der Waals surface area contributed by atoms with Crippen molar-refractivity contribution in [3.8, 4) is 0 Å². The molecule has 2 nitrogen and oxygen atoms in total. The van der Waals surface area contributed by atoms with Gasteiger partial charge in [-0.2, -0.15) is 0 Å². The van der Waals surface area contributed by atoms with Gasteiger partial charge in [-0.25, -0.2) is 0 Å². The lowest BCUT2D eigenvalue weighted by molar-refractivity contribution is -0.0537. The minimum absolute atomic E-state index is 0.0330. The van der Waals surface area contributed by atoms with Gasteiger partial charge in [-0.3, -0.25) is 0 Å². The van der Waals surface area contributed by atoms with Crippen molar-refractivity contribution in [2.24, 2.45) is 40.4 Å². The van der Waals surface area contributed by atoms with Crippen LogP contribution < -0.4 is 0 Å². The first-order valence-corrected chi connectivity index (χ1v) is 12.8. The lowest BCUT2D eigenvalue weighted by Crippen LogP contribution is -2.55. The highest BCUT2D eigenvalue weighted by Crippen LogP contribution is 2.72. The molecule has 1 unspecified atom stereocenters. The average Bonchev–Trinajstić information content (AvgIpc) is 3.22. The van der Waals surface area contributed by atoms with Gasteiger partial charge in [0.15, 0.2) is 0 Å². The maximum Gasteiger partial charge on any atom is 0.107 e. The van der Waals surface area contributed by atoms with E-state index >= 15 is 0 Å². The SMILES string of the molecule is CC(C)CCC[C@@H](C)[C@H]1CC[C@H]2C3=C[C@H]4O[C@]45CC(O)CC[C@]5(C)[C@H]3CC[C@]12C. The fourth-order valence-corrected chi connectivity index (χ4v) is 8.93. The van der Waals surface area contributed by atoms with E-state index in [9.17, 15) is 5.11 Å². The first kappa shape index (κ1) is 20.6. The van der Waals surface area contributed by atoms with Crippen molar-refractivity contribution >= 4 is 0 Å². The van der Waals surface area contributed by atoms with Gasteiger partial charge in [-0.15, -0.1) is 0 Å². The van der Waals surface area contributed by atoms with Gasteiger partial charge < -0.3 is 9.84 Å². The van der Waals surface area contributed by atoms with Crippen LogP contribution in [-0.2, 0) is 4.74 Å². The van der Waals surface area contributed by atoms with Crippen molar-refractivity contribution in [2.45, 2.75) is 117 Å². The summed E-state index contributed by atoms with van der Waals surface area (Å²) in [5.74, 6) is 4.08. The van der Waals surface area contributed by atoms with Gasteiger partial charge in [0.1, 0.15) is 11.7 Å². The van der Waals surface area contributed by atoms with Crippen LogP contribution in [0.1, 0.15) is 98.8 Å². The number of rotatable bonds is 5. The van der Waals surface area contributed by atoms with Gasteiger partial charge in [0.05, 0.1) is 6.10 Å². The predicted molar refractivity (Wildman–Crippen MR) is 119 cm³/mol. The summed E-state index contributed by atoms with van der Waals surface area (Å²) >= 11 is 0. The maximum absolute atomic E-state index is 10.3. The first-order chi connectivity index (χ1) is 13.7. The summed E-state index contributed by atoms with van der Waals surface area (Å²) in [6.07, 6.45) is 15.5. The molecule has 1 saturated heterocycles. The van der Waals surface area contributed by atoms with E-state index in [1.807, 2.05) is 0 Å². The van der Waals surface area contributed by atoms with Crippen LogP contribution in [-0.4, -0.2) is 22.9 Å². The molecule has 5 rings (SSSR count). The van der Waals surface area contributed by atoms with Crippen LogP contribution >= 0.6 is 0 Å². The highest BCUT2D eigenvalue weighted by molar-refractivity contribution is 5.38. The zero-order chi connectivity index (χ0) is 20.6. The van der Waals surface area contributed by atoms with Crippen LogP contribution in [0.3, 0.4) is 0 Å². The minimum Gasteiger partial charge on any atom is -0.393 e. The Labute approximate surface area is 178 Å². The van der Waals surface area contributed by atoms with Crippen LogP contribution in [0.5, 0.6) is 0 Å². The molecule has 4 aliphatic carbocycles. The Bertz CT molecular complexity index is 682. The lowest BCUT2D eigenvalue weighted by Gasteiger charge is -2.56. The Morgan fingerprint density at radius 3 is 2.59 bits per heavy atom. The second kappa shape index (κ2) is 6.83. The van der Waals surface area contributed by atoms with Gasteiger partial charge in [0.2, 0.25) is 0 Å². The van der Waals surface area contributed by atoms with Gasteiger partial charge in [0, 0.05) is 11.8 Å². The fraction of sp³-hybridized carbons (Fsp3) is 0.926. The van der Waals surface area contributed by atoms with E-state index in [-0.39, 0.29) is 17.1 Å². The summed E-state index contributed by atoms with van der Waals surface area (Å²) in [6.45, 7) is 12.4. The number of aliphatic hydroxyl groups excluding tert-OH is 1. The molecular weight excluding hydrogens is 356 g/mol. The Morgan fingerprint density at radius 1 is 1.03 bits per heavy atom. The van der Waals surface area contributed by atoms with Crippen molar-refractivity contribution < 1.29 is 9.84 Å². The van der Waals surface area contributed by atoms with Gasteiger partial charge in [-0.05, 0) is 73.5 Å². The molecule has 29 heavy (non-hydrogen) atoms. The van der Waals surface area contributed by atoms with Crippen molar-refractivity contribution in [1.29, 1.82) is 0 Å². The second-order valence-electron chi connectivity index (χ2n) is 12.5. The zero-order valence-corrected chi connectivity index (χ0v) is 19.5. The fourth-order valence-electron chi connectivity index (χ4n) is 8.93. The van der Waals surface area contributed by atoms with E-state index in [1.165, 1.54) is 44.9 Å². The van der Waals surface area contributed by atoms with Crippen molar-refractivity contribution in [3.63, 3.8) is 0 Å². The predicted octanol–water partition coefficient (Wildman–Crippen LogP) is 6.52. The maximum atomic E-state index is 10.3. The van der Waals surface area contributed by atoms with E-state index in [0.717, 1.165) is 42.9 Å². The van der Waals surface area contributed by atoms with Crippen LogP contribution in [0.2, 0.25) is 0 Å². The van der Waals surface area contributed by atoms with Crippen LogP contribution in [0, 0.1) is 40.4 Å². The Hall–Kier alpha value is -0.340. The Balaban J connectivity index is 1.37. The highest BCUT2D eigenvalue weighted by Gasteiger charge is 2.73. The molecule has 5 aliphatic rings. The van der Waals surface area contributed by atoms with Gasteiger partial charge in [-0.1, -0.05) is 65.5 Å². The van der Waals surface area contributed by atoms with Crippen LogP contribution in [0.25, 0.3) is 0 Å². The molecule has 2 heteroatoms. The number of fused-ring (bicyclic) bond motifs is 4. The normalized spacial score (nSPS) is 51.6. The van der Waals surface area contributed by atoms with Crippen LogP contribution in [0.4, 0.5) is 0 Å². The molecule has 1 aliphatic heterocycles. The molecule has 164 valence electrons. The molecule has 1 N–H and O–H groups in total. The molecular formula is C27H44O2. The Kier molecular flexibility index (Phi) is 4.84. The summed E-state index contributed by atoms with van der Waals surface area (Å²) < 4.78 is 6.43. The lowest BCUT2D eigenvalue weighted by atomic mass is 9.47. The molecule has 0 amide bonds. The number of hydrogen-bond donors (Lipinski definition) is 1. The van der Waals surface area contributed by atoms with E-state index in [2.05, 4.69) is 40.7 Å². The quantitative estimate of drug-likeness (QED) is 0.421.